The Morgan fingerprint density at radius 3 is 1.64 bits per heavy atom. The van der Waals surface area contributed by atoms with Crippen LogP contribution >= 0.6 is 0 Å². The van der Waals surface area contributed by atoms with Crippen LogP contribution in [0.5, 0.6) is 0 Å². The van der Waals surface area contributed by atoms with E-state index >= 15 is 0 Å². The Hall–Kier alpha value is -0.530. The molecule has 0 radical (unpaired) electrons. The monoisotopic (exact) mass is 200 g/mol. The molecule has 0 aromatic carbocycles. The highest BCUT2D eigenvalue weighted by Crippen LogP contribution is 2.37. The Balaban J connectivity index is 4.69. The van der Waals surface area contributed by atoms with E-state index in [1.807, 2.05) is 6.92 Å². The molecule has 14 heavy (non-hydrogen) atoms. The maximum Gasteiger partial charge on any atom is 0.309 e. The van der Waals surface area contributed by atoms with Gasteiger partial charge in [-0.2, -0.15) is 0 Å². The van der Waals surface area contributed by atoms with Gasteiger partial charge in [0, 0.05) is 0 Å². The molecule has 0 aliphatic carbocycles. The minimum absolute atomic E-state index is 0.449. The van der Waals surface area contributed by atoms with E-state index in [1.54, 1.807) is 0 Å². The van der Waals surface area contributed by atoms with E-state index in [-0.39, 0.29) is 0 Å². The molecular weight excluding hydrogens is 176 g/mol. The molecular formula is C12H24O2. The second-order valence-electron chi connectivity index (χ2n) is 5.13. The summed E-state index contributed by atoms with van der Waals surface area (Å²) in [5.74, 6) is 0.275. The van der Waals surface area contributed by atoms with Crippen molar-refractivity contribution < 1.29 is 9.90 Å². The summed E-state index contributed by atoms with van der Waals surface area (Å²) in [5, 5.41) is 9.32. The van der Waals surface area contributed by atoms with Gasteiger partial charge in [0.05, 0.1) is 5.41 Å². The maximum atomic E-state index is 11.3. The fraction of sp³-hybridized carbons (Fsp3) is 0.917. The largest absolute Gasteiger partial charge is 0.481 e. The fourth-order valence-electron chi connectivity index (χ4n) is 2.26. The Bertz CT molecular complexity index is 173. The Morgan fingerprint density at radius 2 is 1.50 bits per heavy atom. The molecule has 0 saturated carbocycles. The number of hydrogen-bond donors (Lipinski definition) is 1. The SMILES string of the molecule is CCC(CC(C)C)(CC(C)C)C(=O)O. The van der Waals surface area contributed by atoms with Crippen LogP contribution in [0.2, 0.25) is 0 Å². The van der Waals surface area contributed by atoms with E-state index in [0.29, 0.717) is 11.8 Å². The summed E-state index contributed by atoms with van der Waals surface area (Å²) in [7, 11) is 0. The van der Waals surface area contributed by atoms with E-state index in [0.717, 1.165) is 19.3 Å². The van der Waals surface area contributed by atoms with Gasteiger partial charge in [-0.1, -0.05) is 34.6 Å². The third kappa shape index (κ3) is 3.69. The molecule has 0 unspecified atom stereocenters. The van der Waals surface area contributed by atoms with E-state index in [2.05, 4.69) is 27.7 Å². The Labute approximate surface area is 87.7 Å². The molecule has 0 aliphatic rings. The van der Waals surface area contributed by atoms with Crippen LogP contribution in [0.25, 0.3) is 0 Å². The second-order valence-corrected chi connectivity index (χ2v) is 5.13. The average molecular weight is 200 g/mol. The third-order valence-corrected chi connectivity index (χ3v) is 2.73. The molecule has 1 N–H and O–H groups in total. The van der Waals surface area contributed by atoms with E-state index in [1.165, 1.54) is 0 Å². The van der Waals surface area contributed by atoms with Crippen LogP contribution < -0.4 is 0 Å². The van der Waals surface area contributed by atoms with Gasteiger partial charge in [0.15, 0.2) is 0 Å². The zero-order valence-electron chi connectivity index (χ0n) is 10.1. The smallest absolute Gasteiger partial charge is 0.309 e. The van der Waals surface area contributed by atoms with Crippen molar-refractivity contribution in [2.45, 2.75) is 53.9 Å². The van der Waals surface area contributed by atoms with Crippen LogP contribution in [0.1, 0.15) is 53.9 Å². The first-order valence-corrected chi connectivity index (χ1v) is 5.57. The molecule has 0 saturated heterocycles. The Kier molecular flexibility index (Phi) is 5.17. The minimum atomic E-state index is -0.623. The zero-order chi connectivity index (χ0) is 11.4. The number of carboxylic acid groups (broad SMARTS) is 1. The summed E-state index contributed by atoms with van der Waals surface area (Å²) in [6, 6.07) is 0. The summed E-state index contributed by atoms with van der Waals surface area (Å²) in [6.07, 6.45) is 2.31. The van der Waals surface area contributed by atoms with Gasteiger partial charge in [-0.15, -0.1) is 0 Å². The van der Waals surface area contributed by atoms with Crippen LogP contribution in [0.3, 0.4) is 0 Å². The quantitative estimate of drug-likeness (QED) is 0.711. The van der Waals surface area contributed by atoms with Crippen molar-refractivity contribution in [2.24, 2.45) is 17.3 Å². The standard InChI is InChI=1S/C12H24O2/c1-6-12(11(13)14,7-9(2)3)8-10(4)5/h9-10H,6-8H2,1-5H3,(H,13,14). The number of rotatable bonds is 6. The fourth-order valence-corrected chi connectivity index (χ4v) is 2.26. The average Bonchev–Trinajstić information content (AvgIpc) is 2.00. The van der Waals surface area contributed by atoms with Crippen molar-refractivity contribution in [1.29, 1.82) is 0 Å². The molecule has 0 rings (SSSR count). The lowest BCUT2D eigenvalue weighted by Crippen LogP contribution is -2.33. The highest BCUT2D eigenvalue weighted by atomic mass is 16.4. The first-order valence-electron chi connectivity index (χ1n) is 5.57. The van der Waals surface area contributed by atoms with Gasteiger partial charge in [-0.25, -0.2) is 0 Å². The number of carbonyl (C=O) groups is 1. The molecule has 0 heterocycles. The molecule has 0 spiro atoms. The summed E-state index contributed by atoms with van der Waals surface area (Å²) in [4.78, 5) is 11.3. The molecule has 0 aliphatic heterocycles. The zero-order valence-corrected chi connectivity index (χ0v) is 10.1. The summed E-state index contributed by atoms with van der Waals surface area (Å²) < 4.78 is 0. The van der Waals surface area contributed by atoms with Gasteiger partial charge in [-0.05, 0) is 31.1 Å². The minimum Gasteiger partial charge on any atom is -0.481 e. The topological polar surface area (TPSA) is 37.3 Å². The lowest BCUT2D eigenvalue weighted by Gasteiger charge is -2.31. The summed E-state index contributed by atoms with van der Waals surface area (Å²) in [5.41, 5.74) is -0.498. The maximum absolute atomic E-state index is 11.3. The number of aliphatic carboxylic acids is 1. The van der Waals surface area contributed by atoms with Crippen LogP contribution in [-0.4, -0.2) is 11.1 Å². The van der Waals surface area contributed by atoms with Crippen molar-refractivity contribution >= 4 is 5.97 Å². The summed E-state index contributed by atoms with van der Waals surface area (Å²) >= 11 is 0. The lowest BCUT2D eigenvalue weighted by molar-refractivity contribution is -0.151. The van der Waals surface area contributed by atoms with Crippen molar-refractivity contribution in [2.75, 3.05) is 0 Å². The van der Waals surface area contributed by atoms with Crippen molar-refractivity contribution in [3.05, 3.63) is 0 Å². The van der Waals surface area contributed by atoms with Crippen molar-refractivity contribution in [1.82, 2.24) is 0 Å². The second kappa shape index (κ2) is 5.38. The first kappa shape index (κ1) is 13.5. The molecule has 0 bridgehead atoms. The molecule has 2 nitrogen and oxygen atoms in total. The molecule has 0 atom stereocenters. The highest BCUT2D eigenvalue weighted by molar-refractivity contribution is 5.74. The van der Waals surface area contributed by atoms with Crippen molar-refractivity contribution in [3.63, 3.8) is 0 Å². The predicted octanol–water partition coefficient (Wildman–Crippen LogP) is 3.56. The molecule has 2 heteroatoms. The van der Waals surface area contributed by atoms with Crippen LogP contribution in [0, 0.1) is 17.3 Å². The van der Waals surface area contributed by atoms with E-state index in [9.17, 15) is 9.90 Å². The highest BCUT2D eigenvalue weighted by Gasteiger charge is 2.37. The molecule has 0 amide bonds. The van der Waals surface area contributed by atoms with Gasteiger partial charge in [-0.3, -0.25) is 4.79 Å². The number of carboxylic acids is 1. The van der Waals surface area contributed by atoms with E-state index in [4.69, 9.17) is 0 Å². The molecule has 0 aromatic heterocycles. The molecule has 0 fully saturated rings. The summed E-state index contributed by atoms with van der Waals surface area (Å²) in [6.45, 7) is 10.3. The Morgan fingerprint density at radius 1 is 1.14 bits per heavy atom. The van der Waals surface area contributed by atoms with Gasteiger partial charge in [0.2, 0.25) is 0 Å². The van der Waals surface area contributed by atoms with Gasteiger partial charge >= 0.3 is 5.97 Å². The number of hydrogen-bond acceptors (Lipinski definition) is 1. The van der Waals surface area contributed by atoms with Crippen molar-refractivity contribution in [3.8, 4) is 0 Å². The third-order valence-electron chi connectivity index (χ3n) is 2.73. The van der Waals surface area contributed by atoms with Gasteiger partial charge in [0.1, 0.15) is 0 Å². The van der Waals surface area contributed by atoms with E-state index < -0.39 is 11.4 Å². The normalized spacial score (nSPS) is 12.5. The predicted molar refractivity (Wildman–Crippen MR) is 59.3 cm³/mol. The van der Waals surface area contributed by atoms with Crippen LogP contribution in [0.15, 0.2) is 0 Å². The first-order chi connectivity index (χ1) is 6.34. The lowest BCUT2D eigenvalue weighted by atomic mass is 9.72. The van der Waals surface area contributed by atoms with Gasteiger partial charge in [0.25, 0.3) is 0 Å². The van der Waals surface area contributed by atoms with Gasteiger partial charge < -0.3 is 5.11 Å². The van der Waals surface area contributed by atoms with Crippen LogP contribution in [-0.2, 0) is 4.79 Å². The van der Waals surface area contributed by atoms with Crippen LogP contribution in [0.4, 0.5) is 0 Å². The molecule has 84 valence electrons. The molecule has 0 aromatic rings.